The number of benzene rings is 1. The van der Waals surface area contributed by atoms with Crippen molar-refractivity contribution in [2.24, 2.45) is 5.92 Å². The second-order valence-corrected chi connectivity index (χ2v) is 8.46. The molecule has 1 aromatic carbocycles. The molecule has 25 heavy (non-hydrogen) atoms. The Kier molecular flexibility index (Phi) is 6.74. The summed E-state index contributed by atoms with van der Waals surface area (Å²) >= 11 is 0. The summed E-state index contributed by atoms with van der Waals surface area (Å²) in [5.41, 5.74) is 1.53. The highest BCUT2D eigenvalue weighted by atomic mass is 16.6. The number of nitro benzene ring substituents is 1. The van der Waals surface area contributed by atoms with Crippen LogP contribution in [0.2, 0.25) is 0 Å². The van der Waals surface area contributed by atoms with Gasteiger partial charge in [0.05, 0.1) is 4.92 Å². The molecule has 1 saturated carbocycles. The monoisotopic (exact) mass is 345 g/mol. The van der Waals surface area contributed by atoms with Crippen LogP contribution in [0.4, 0.5) is 5.69 Å². The fourth-order valence-corrected chi connectivity index (χ4v) is 3.79. The number of rotatable bonds is 6. The Morgan fingerprint density at radius 2 is 1.80 bits per heavy atom. The molecular weight excluding hydrogens is 314 g/mol. The van der Waals surface area contributed by atoms with Gasteiger partial charge in [-0.25, -0.2) is 0 Å². The topological polar surface area (TPSA) is 60.2 Å². The lowest BCUT2D eigenvalue weighted by molar-refractivity contribution is -0.386. The zero-order valence-corrected chi connectivity index (χ0v) is 15.8. The molecular formula is C21H31NO3. The van der Waals surface area contributed by atoms with Gasteiger partial charge in [0.2, 0.25) is 0 Å². The van der Waals surface area contributed by atoms with Gasteiger partial charge in [-0.05, 0) is 23.3 Å². The second-order valence-electron chi connectivity index (χ2n) is 8.46. The smallest absolute Gasteiger partial charge is 0.273 e. The van der Waals surface area contributed by atoms with E-state index < -0.39 is 0 Å². The van der Waals surface area contributed by atoms with Crippen molar-refractivity contribution < 1.29 is 9.72 Å². The number of aryl methyl sites for hydroxylation is 1. The van der Waals surface area contributed by atoms with E-state index in [2.05, 4.69) is 0 Å². The first-order valence-electron chi connectivity index (χ1n) is 9.57. The lowest BCUT2D eigenvalue weighted by Gasteiger charge is -2.19. The summed E-state index contributed by atoms with van der Waals surface area (Å²) in [5.74, 6) is 0.849. The normalized spacial score (nSPS) is 16.4. The fourth-order valence-electron chi connectivity index (χ4n) is 3.79. The molecule has 0 atom stereocenters. The van der Waals surface area contributed by atoms with Crippen molar-refractivity contribution in [1.29, 1.82) is 0 Å². The first kappa shape index (κ1) is 19.6. The molecule has 0 aliphatic heterocycles. The van der Waals surface area contributed by atoms with Crippen molar-refractivity contribution in [3.63, 3.8) is 0 Å². The molecule has 4 nitrogen and oxygen atoms in total. The summed E-state index contributed by atoms with van der Waals surface area (Å²) in [5, 5.41) is 11.4. The number of nitro groups is 1. The Labute approximate surface area is 151 Å². The van der Waals surface area contributed by atoms with Crippen LogP contribution in [0.3, 0.4) is 0 Å². The van der Waals surface area contributed by atoms with E-state index >= 15 is 0 Å². The summed E-state index contributed by atoms with van der Waals surface area (Å²) in [4.78, 5) is 23.4. The molecule has 2 rings (SSSR count). The van der Waals surface area contributed by atoms with Gasteiger partial charge < -0.3 is 0 Å². The average Bonchev–Trinajstić information content (AvgIpc) is 2.80. The van der Waals surface area contributed by atoms with Gasteiger partial charge in [0, 0.05) is 24.5 Å². The summed E-state index contributed by atoms with van der Waals surface area (Å²) in [6, 6.07) is 5.44. The quantitative estimate of drug-likeness (QED) is 0.374. The minimum absolute atomic E-state index is 0.168. The largest absolute Gasteiger partial charge is 0.300 e. The highest BCUT2D eigenvalue weighted by Gasteiger charge is 2.25. The molecule has 0 aromatic heterocycles. The van der Waals surface area contributed by atoms with Crippen molar-refractivity contribution in [2.75, 3.05) is 0 Å². The lowest BCUT2D eigenvalue weighted by Crippen LogP contribution is -2.14. The molecule has 1 aliphatic rings. The molecule has 1 fully saturated rings. The number of hydrogen-bond acceptors (Lipinski definition) is 3. The van der Waals surface area contributed by atoms with Crippen molar-refractivity contribution in [2.45, 2.75) is 84.0 Å². The summed E-state index contributed by atoms with van der Waals surface area (Å²) in [7, 11) is 0. The van der Waals surface area contributed by atoms with Gasteiger partial charge in [0.15, 0.2) is 0 Å². The second kappa shape index (κ2) is 8.59. The minimum Gasteiger partial charge on any atom is -0.300 e. The van der Waals surface area contributed by atoms with E-state index in [0.29, 0.717) is 31.0 Å². The van der Waals surface area contributed by atoms with Gasteiger partial charge in [-0.1, -0.05) is 71.4 Å². The molecule has 4 heteroatoms. The van der Waals surface area contributed by atoms with E-state index in [9.17, 15) is 14.9 Å². The maximum Gasteiger partial charge on any atom is 0.273 e. The number of carbonyl (C=O) groups excluding carboxylic acids is 1. The molecule has 1 aromatic rings. The van der Waals surface area contributed by atoms with Crippen molar-refractivity contribution in [3.8, 4) is 0 Å². The highest BCUT2D eigenvalue weighted by Crippen LogP contribution is 2.32. The molecule has 0 N–H and O–H groups in total. The van der Waals surface area contributed by atoms with E-state index in [0.717, 1.165) is 11.1 Å². The number of ketones is 1. The van der Waals surface area contributed by atoms with Gasteiger partial charge >= 0.3 is 0 Å². The van der Waals surface area contributed by atoms with Crippen LogP contribution >= 0.6 is 0 Å². The Morgan fingerprint density at radius 1 is 1.16 bits per heavy atom. The van der Waals surface area contributed by atoms with E-state index in [1.165, 1.54) is 38.5 Å². The summed E-state index contributed by atoms with van der Waals surface area (Å²) in [6.07, 6.45) is 9.22. The predicted octanol–water partition coefficient (Wildman–Crippen LogP) is 5.75. The average molecular weight is 345 g/mol. The summed E-state index contributed by atoms with van der Waals surface area (Å²) < 4.78 is 0. The zero-order chi connectivity index (χ0) is 18.4. The van der Waals surface area contributed by atoms with Crippen LogP contribution in [-0.4, -0.2) is 10.7 Å². The third-order valence-corrected chi connectivity index (χ3v) is 5.25. The van der Waals surface area contributed by atoms with Crippen LogP contribution in [0, 0.1) is 16.0 Å². The Balaban J connectivity index is 1.97. The standard InChI is InChI=1S/C21H31NO3/c1-21(2,3)19-13-11-17(15-20(19)22(24)25)10-12-18(23)14-16-8-6-4-5-7-9-16/h11,13,15-16H,4-10,12,14H2,1-3H3. The van der Waals surface area contributed by atoms with Crippen molar-refractivity contribution in [1.82, 2.24) is 0 Å². The molecule has 0 radical (unpaired) electrons. The first-order chi connectivity index (χ1) is 11.8. The van der Waals surface area contributed by atoms with Gasteiger partial charge in [0.1, 0.15) is 5.78 Å². The Morgan fingerprint density at radius 3 is 2.36 bits per heavy atom. The van der Waals surface area contributed by atoms with Gasteiger partial charge in [-0.15, -0.1) is 0 Å². The van der Waals surface area contributed by atoms with E-state index in [1.807, 2.05) is 32.9 Å². The molecule has 0 heterocycles. The van der Waals surface area contributed by atoms with Crippen molar-refractivity contribution in [3.05, 3.63) is 39.4 Å². The van der Waals surface area contributed by atoms with Crippen LogP contribution in [0.5, 0.6) is 0 Å². The number of carbonyl (C=O) groups is 1. The maximum atomic E-state index is 12.3. The van der Waals surface area contributed by atoms with Gasteiger partial charge in [0.25, 0.3) is 5.69 Å². The minimum atomic E-state index is -0.308. The highest BCUT2D eigenvalue weighted by molar-refractivity contribution is 5.78. The van der Waals surface area contributed by atoms with E-state index in [-0.39, 0.29) is 16.0 Å². The molecule has 0 spiro atoms. The molecule has 0 bridgehead atoms. The SMILES string of the molecule is CC(C)(C)c1ccc(CCC(=O)CC2CCCCCC2)cc1[N+](=O)[O-]. The first-order valence-corrected chi connectivity index (χ1v) is 9.57. The third kappa shape index (κ3) is 5.94. The van der Waals surface area contributed by atoms with E-state index in [1.54, 1.807) is 6.07 Å². The zero-order valence-electron chi connectivity index (χ0n) is 15.8. The molecule has 0 amide bonds. The number of Topliss-reactive ketones (excluding diaryl/α,β-unsaturated/α-hetero) is 1. The van der Waals surface area contributed by atoms with Crippen molar-refractivity contribution >= 4 is 11.5 Å². The maximum absolute atomic E-state index is 12.3. The van der Waals surface area contributed by atoms with Crippen LogP contribution in [-0.2, 0) is 16.6 Å². The third-order valence-electron chi connectivity index (χ3n) is 5.25. The summed E-state index contributed by atoms with van der Waals surface area (Å²) in [6.45, 7) is 5.93. The number of hydrogen-bond donors (Lipinski definition) is 0. The lowest BCUT2D eigenvalue weighted by atomic mass is 9.85. The molecule has 0 unspecified atom stereocenters. The molecule has 1 aliphatic carbocycles. The molecule has 0 saturated heterocycles. The van der Waals surface area contributed by atoms with Crippen LogP contribution in [0.25, 0.3) is 0 Å². The van der Waals surface area contributed by atoms with E-state index in [4.69, 9.17) is 0 Å². The van der Waals surface area contributed by atoms with Gasteiger partial charge in [-0.2, -0.15) is 0 Å². The number of nitrogens with zero attached hydrogens (tertiary/aromatic N) is 1. The van der Waals surface area contributed by atoms with Crippen LogP contribution < -0.4 is 0 Å². The predicted molar refractivity (Wildman–Crippen MR) is 101 cm³/mol. The molecule has 138 valence electrons. The van der Waals surface area contributed by atoms with Crippen LogP contribution in [0.1, 0.15) is 83.3 Å². The van der Waals surface area contributed by atoms with Crippen LogP contribution in [0.15, 0.2) is 18.2 Å². The Bertz CT molecular complexity index is 608. The fraction of sp³-hybridized carbons (Fsp3) is 0.667. The van der Waals surface area contributed by atoms with Gasteiger partial charge in [-0.3, -0.25) is 14.9 Å². The Hall–Kier alpha value is -1.71.